The molecule has 15 heavy (non-hydrogen) atoms. The molecule has 1 aromatic rings. The van der Waals surface area contributed by atoms with Gasteiger partial charge in [0.1, 0.15) is 23.4 Å². The molecule has 1 aromatic heterocycles. The molecule has 1 rings (SSSR count). The molecule has 2 N–H and O–H groups in total. The van der Waals surface area contributed by atoms with Gasteiger partial charge in [-0.2, -0.15) is 0 Å². The molecule has 0 saturated heterocycles. The van der Waals surface area contributed by atoms with Gasteiger partial charge in [0.2, 0.25) is 0 Å². The van der Waals surface area contributed by atoms with Crippen LogP contribution in [-0.2, 0) is 4.79 Å². The zero-order valence-electron chi connectivity index (χ0n) is 9.00. The lowest BCUT2D eigenvalue weighted by atomic mass is 10.2. The van der Waals surface area contributed by atoms with Gasteiger partial charge in [0.15, 0.2) is 0 Å². The molecular formula is C9H15Cl2N3O. The van der Waals surface area contributed by atoms with Crippen molar-refractivity contribution in [2.75, 3.05) is 0 Å². The van der Waals surface area contributed by atoms with Crippen LogP contribution in [-0.4, -0.2) is 16.8 Å². The van der Waals surface area contributed by atoms with Crippen LogP contribution in [0.15, 0.2) is 6.33 Å². The van der Waals surface area contributed by atoms with Gasteiger partial charge in [0, 0.05) is 11.6 Å². The van der Waals surface area contributed by atoms with Crippen LogP contribution in [0, 0.1) is 0 Å². The summed E-state index contributed by atoms with van der Waals surface area (Å²) in [6.45, 7) is 7.77. The summed E-state index contributed by atoms with van der Waals surface area (Å²) in [5.74, 6) is 0. The Hall–Kier alpha value is -0.710. The third-order valence-corrected chi connectivity index (χ3v) is 1.84. The minimum absolute atomic E-state index is 0.240. The zero-order chi connectivity index (χ0) is 12.4. The van der Waals surface area contributed by atoms with Crippen LogP contribution in [0.4, 0.5) is 0 Å². The highest BCUT2D eigenvalue weighted by molar-refractivity contribution is 6.34. The van der Waals surface area contributed by atoms with E-state index in [9.17, 15) is 0 Å². The van der Waals surface area contributed by atoms with E-state index in [0.717, 1.165) is 0 Å². The molecule has 1 unspecified atom stereocenters. The molecule has 4 nitrogen and oxygen atoms in total. The number of carbonyl (C=O) groups is 1. The van der Waals surface area contributed by atoms with Crippen LogP contribution in [0.2, 0.25) is 10.3 Å². The largest absolute Gasteiger partial charge is 0.324 e. The van der Waals surface area contributed by atoms with E-state index < -0.39 is 0 Å². The Kier molecular flexibility index (Phi) is 11.0. The van der Waals surface area contributed by atoms with E-state index in [0.29, 0.717) is 15.9 Å². The highest BCUT2D eigenvalue weighted by Gasteiger charge is 2.11. The smallest absolute Gasteiger partial charge is 0.138 e. The predicted octanol–water partition coefficient (Wildman–Crippen LogP) is 2.64. The Morgan fingerprint density at radius 2 is 1.60 bits per heavy atom. The van der Waals surface area contributed by atoms with Gasteiger partial charge >= 0.3 is 0 Å². The van der Waals surface area contributed by atoms with Gasteiger partial charge in [0.25, 0.3) is 0 Å². The second-order valence-corrected chi connectivity index (χ2v) is 2.87. The first kappa shape index (κ1) is 16.7. The van der Waals surface area contributed by atoms with Crippen LogP contribution in [0.25, 0.3) is 0 Å². The van der Waals surface area contributed by atoms with Crippen molar-refractivity contribution in [3.05, 3.63) is 22.2 Å². The molecule has 86 valence electrons. The van der Waals surface area contributed by atoms with Crippen LogP contribution < -0.4 is 5.73 Å². The van der Waals surface area contributed by atoms with Crippen LogP contribution in [0.3, 0.4) is 0 Å². The molecule has 1 atom stereocenters. The molecule has 0 aliphatic rings. The SMILES string of the molecule is C=O.CC.CC(N)c1c(Cl)ncnc1Cl. The molecule has 6 heteroatoms. The molecule has 0 spiro atoms. The van der Waals surface area contributed by atoms with Crippen molar-refractivity contribution in [1.29, 1.82) is 0 Å². The van der Waals surface area contributed by atoms with Crippen LogP contribution in [0.5, 0.6) is 0 Å². The van der Waals surface area contributed by atoms with E-state index in [2.05, 4.69) is 9.97 Å². The molecule has 0 fully saturated rings. The fourth-order valence-electron chi connectivity index (χ4n) is 0.730. The first-order valence-corrected chi connectivity index (χ1v) is 5.09. The van der Waals surface area contributed by atoms with E-state index in [1.807, 2.05) is 20.6 Å². The maximum atomic E-state index is 8.00. The predicted molar refractivity (Wildman–Crippen MR) is 63.1 cm³/mol. The van der Waals surface area contributed by atoms with Gasteiger partial charge < -0.3 is 10.5 Å². The molecule has 0 amide bonds. The molecule has 0 radical (unpaired) electrons. The Morgan fingerprint density at radius 1 is 1.27 bits per heavy atom. The van der Waals surface area contributed by atoms with Crippen molar-refractivity contribution in [2.24, 2.45) is 5.73 Å². The summed E-state index contributed by atoms with van der Waals surface area (Å²) >= 11 is 11.4. The van der Waals surface area contributed by atoms with Crippen molar-refractivity contribution in [2.45, 2.75) is 26.8 Å². The Balaban J connectivity index is 0. The fraction of sp³-hybridized carbons (Fsp3) is 0.444. The molecule has 0 aliphatic heterocycles. The number of halogens is 2. The molecule has 0 aliphatic carbocycles. The average molecular weight is 252 g/mol. The summed E-state index contributed by atoms with van der Waals surface area (Å²) in [6, 6.07) is -0.240. The van der Waals surface area contributed by atoms with Crippen molar-refractivity contribution in [3.8, 4) is 0 Å². The Bertz CT molecular complexity index is 262. The Morgan fingerprint density at radius 3 is 1.80 bits per heavy atom. The van der Waals surface area contributed by atoms with Gasteiger partial charge in [-0.3, -0.25) is 0 Å². The van der Waals surface area contributed by atoms with E-state index in [1.54, 1.807) is 6.92 Å². The average Bonchev–Trinajstić information content (AvgIpc) is 2.23. The third-order valence-electron chi connectivity index (χ3n) is 1.24. The van der Waals surface area contributed by atoms with Crippen molar-refractivity contribution >= 4 is 30.0 Å². The molecular weight excluding hydrogens is 237 g/mol. The number of aromatic nitrogens is 2. The zero-order valence-corrected chi connectivity index (χ0v) is 10.5. The lowest BCUT2D eigenvalue weighted by Gasteiger charge is -2.07. The minimum Gasteiger partial charge on any atom is -0.324 e. The number of rotatable bonds is 1. The first-order chi connectivity index (χ1) is 7.13. The summed E-state index contributed by atoms with van der Waals surface area (Å²) < 4.78 is 0. The standard InChI is InChI=1S/C6H7Cl2N3.C2H6.CH2O/c1-3(9)4-5(7)10-2-11-6(4)8;2*1-2/h2-3H,9H2,1H3;1-2H3;1H2. The van der Waals surface area contributed by atoms with Crippen molar-refractivity contribution < 1.29 is 4.79 Å². The summed E-state index contributed by atoms with van der Waals surface area (Å²) in [6.07, 6.45) is 1.30. The minimum atomic E-state index is -0.240. The monoisotopic (exact) mass is 251 g/mol. The van der Waals surface area contributed by atoms with E-state index in [-0.39, 0.29) is 6.04 Å². The van der Waals surface area contributed by atoms with Gasteiger partial charge in [-0.15, -0.1) is 0 Å². The number of nitrogens with two attached hydrogens (primary N) is 1. The van der Waals surface area contributed by atoms with Crippen LogP contribution in [0.1, 0.15) is 32.4 Å². The molecule has 0 bridgehead atoms. The summed E-state index contributed by atoms with van der Waals surface area (Å²) in [5, 5.41) is 0.639. The van der Waals surface area contributed by atoms with E-state index >= 15 is 0 Å². The maximum absolute atomic E-state index is 8.00. The number of nitrogens with zero attached hydrogens (tertiary/aromatic N) is 2. The quantitative estimate of drug-likeness (QED) is 0.780. The van der Waals surface area contributed by atoms with E-state index in [1.165, 1.54) is 6.33 Å². The van der Waals surface area contributed by atoms with Gasteiger partial charge in [-0.25, -0.2) is 9.97 Å². The molecule has 0 saturated carbocycles. The second kappa shape index (κ2) is 9.83. The summed E-state index contributed by atoms with van der Waals surface area (Å²) in [4.78, 5) is 15.5. The third kappa shape index (κ3) is 5.67. The highest BCUT2D eigenvalue weighted by atomic mass is 35.5. The van der Waals surface area contributed by atoms with Crippen LogP contribution >= 0.6 is 23.2 Å². The van der Waals surface area contributed by atoms with Crippen molar-refractivity contribution in [1.82, 2.24) is 9.97 Å². The number of carbonyl (C=O) groups excluding carboxylic acids is 1. The van der Waals surface area contributed by atoms with Crippen molar-refractivity contribution in [3.63, 3.8) is 0 Å². The second-order valence-electron chi connectivity index (χ2n) is 2.16. The number of hydrogen-bond acceptors (Lipinski definition) is 4. The lowest BCUT2D eigenvalue weighted by molar-refractivity contribution is -0.0979. The molecule has 1 heterocycles. The first-order valence-electron chi connectivity index (χ1n) is 4.33. The summed E-state index contributed by atoms with van der Waals surface area (Å²) in [5.41, 5.74) is 6.16. The molecule has 0 aromatic carbocycles. The van der Waals surface area contributed by atoms with Gasteiger partial charge in [-0.1, -0.05) is 37.0 Å². The topological polar surface area (TPSA) is 68.9 Å². The van der Waals surface area contributed by atoms with E-state index in [4.69, 9.17) is 33.7 Å². The highest BCUT2D eigenvalue weighted by Crippen LogP contribution is 2.24. The fourth-order valence-corrected chi connectivity index (χ4v) is 1.39. The van der Waals surface area contributed by atoms with Gasteiger partial charge in [-0.05, 0) is 6.92 Å². The lowest BCUT2D eigenvalue weighted by Crippen LogP contribution is -2.08. The van der Waals surface area contributed by atoms with Gasteiger partial charge in [0.05, 0.1) is 0 Å². The normalized spacial score (nSPS) is 10.3. The Labute approximate surface area is 99.8 Å². The number of hydrogen-bond donors (Lipinski definition) is 1. The summed E-state index contributed by atoms with van der Waals surface area (Å²) in [7, 11) is 0. The maximum Gasteiger partial charge on any atom is 0.138 e.